The molecule has 1 saturated heterocycles. The number of amides is 1. The molecule has 0 aliphatic carbocycles. The molecule has 1 amide bonds. The summed E-state index contributed by atoms with van der Waals surface area (Å²) in [6, 6.07) is 7.71. The summed E-state index contributed by atoms with van der Waals surface area (Å²) in [5.41, 5.74) is 5.38. The average Bonchev–Trinajstić information content (AvgIpc) is 3.12. The predicted molar refractivity (Wildman–Crippen MR) is 120 cm³/mol. The van der Waals surface area contributed by atoms with Crippen molar-refractivity contribution in [1.29, 1.82) is 0 Å². The van der Waals surface area contributed by atoms with E-state index in [2.05, 4.69) is 0 Å². The van der Waals surface area contributed by atoms with E-state index in [-0.39, 0.29) is 23.9 Å². The second kappa shape index (κ2) is 10.4. The quantitative estimate of drug-likeness (QED) is 0.657. The summed E-state index contributed by atoms with van der Waals surface area (Å²) < 4.78 is 16.9. The van der Waals surface area contributed by atoms with Crippen molar-refractivity contribution >= 4 is 12.1 Å². The number of rotatable bonds is 7. The lowest BCUT2D eigenvalue weighted by atomic mass is 9.86. The second-order valence-electron chi connectivity index (χ2n) is 10.1. The molecule has 1 aromatic rings. The van der Waals surface area contributed by atoms with Gasteiger partial charge in [-0.05, 0) is 78.0 Å². The third-order valence-corrected chi connectivity index (χ3v) is 4.90. The zero-order valence-corrected chi connectivity index (χ0v) is 19.8. The minimum Gasteiger partial charge on any atom is -0.492 e. The van der Waals surface area contributed by atoms with E-state index < -0.39 is 11.2 Å². The van der Waals surface area contributed by atoms with Gasteiger partial charge in [0.2, 0.25) is 0 Å². The van der Waals surface area contributed by atoms with E-state index in [0.717, 1.165) is 17.7 Å². The first-order valence-electron chi connectivity index (χ1n) is 11.0. The van der Waals surface area contributed by atoms with Crippen molar-refractivity contribution in [2.45, 2.75) is 65.6 Å². The van der Waals surface area contributed by atoms with Crippen molar-refractivity contribution in [3.8, 4) is 5.75 Å². The smallest absolute Gasteiger partial charge is 0.410 e. The third-order valence-electron chi connectivity index (χ3n) is 4.90. The highest BCUT2D eigenvalue weighted by Crippen LogP contribution is 2.31. The Morgan fingerprint density at radius 1 is 1.13 bits per heavy atom. The molecule has 174 valence electrons. The maximum atomic E-state index is 13.1. The lowest BCUT2D eigenvalue weighted by Gasteiger charge is -2.28. The van der Waals surface area contributed by atoms with Gasteiger partial charge in [0.1, 0.15) is 23.6 Å². The monoisotopic (exact) mass is 434 g/mol. The number of carbonyl (C=O) groups excluding carboxylic acids is 2. The van der Waals surface area contributed by atoms with Gasteiger partial charge in [0.05, 0.1) is 5.92 Å². The second-order valence-corrected chi connectivity index (χ2v) is 10.1. The average molecular weight is 435 g/mol. The van der Waals surface area contributed by atoms with E-state index in [1.807, 2.05) is 65.8 Å². The zero-order valence-electron chi connectivity index (χ0n) is 19.8. The van der Waals surface area contributed by atoms with Crippen LogP contribution in [0.4, 0.5) is 4.79 Å². The van der Waals surface area contributed by atoms with Gasteiger partial charge in [-0.15, -0.1) is 0 Å². The highest BCUT2D eigenvalue weighted by molar-refractivity contribution is 5.74. The molecule has 2 atom stereocenters. The molecular weight excluding hydrogens is 396 g/mol. The zero-order chi connectivity index (χ0) is 23.2. The summed E-state index contributed by atoms with van der Waals surface area (Å²) in [5.74, 6) is 0.122. The van der Waals surface area contributed by atoms with Crippen LogP contribution in [0.5, 0.6) is 5.75 Å². The number of ether oxygens (including phenoxy) is 3. The molecule has 1 aromatic carbocycles. The van der Waals surface area contributed by atoms with Gasteiger partial charge in [0.15, 0.2) is 0 Å². The minimum absolute atomic E-state index is 0.00372. The van der Waals surface area contributed by atoms with Crippen molar-refractivity contribution in [3.63, 3.8) is 0 Å². The highest BCUT2D eigenvalue weighted by Gasteiger charge is 2.39. The van der Waals surface area contributed by atoms with E-state index in [9.17, 15) is 9.59 Å². The van der Waals surface area contributed by atoms with Gasteiger partial charge >= 0.3 is 12.1 Å². The molecule has 1 aliphatic heterocycles. The molecule has 0 bridgehead atoms. The third kappa shape index (κ3) is 8.40. The summed E-state index contributed by atoms with van der Waals surface area (Å²) in [5, 5.41) is 0. The fourth-order valence-electron chi connectivity index (χ4n) is 3.62. The predicted octanol–water partition coefficient (Wildman–Crippen LogP) is 3.78. The van der Waals surface area contributed by atoms with E-state index in [0.29, 0.717) is 32.7 Å². The molecule has 31 heavy (non-hydrogen) atoms. The minimum atomic E-state index is -0.578. The number of carbonyl (C=O) groups is 2. The van der Waals surface area contributed by atoms with Crippen LogP contribution < -0.4 is 10.5 Å². The molecule has 1 fully saturated rings. The first kappa shape index (κ1) is 25.0. The molecule has 1 aliphatic rings. The summed E-state index contributed by atoms with van der Waals surface area (Å²) in [4.78, 5) is 27.3. The Hall–Kier alpha value is -2.28. The Morgan fingerprint density at radius 2 is 1.81 bits per heavy atom. The topological polar surface area (TPSA) is 91.1 Å². The Bertz CT molecular complexity index is 751. The maximum absolute atomic E-state index is 13.1. The maximum Gasteiger partial charge on any atom is 0.410 e. The molecule has 0 saturated carbocycles. The van der Waals surface area contributed by atoms with Gasteiger partial charge in [-0.1, -0.05) is 12.1 Å². The van der Waals surface area contributed by atoms with Crippen molar-refractivity contribution in [2.75, 3.05) is 26.2 Å². The number of nitrogens with zero attached hydrogens (tertiary/aromatic N) is 1. The van der Waals surface area contributed by atoms with Gasteiger partial charge in [-0.3, -0.25) is 4.79 Å². The van der Waals surface area contributed by atoms with Crippen LogP contribution in [0.1, 0.15) is 53.5 Å². The van der Waals surface area contributed by atoms with Gasteiger partial charge < -0.3 is 24.8 Å². The van der Waals surface area contributed by atoms with Crippen LogP contribution >= 0.6 is 0 Å². The number of nitrogens with two attached hydrogens (primary N) is 1. The van der Waals surface area contributed by atoms with Crippen molar-refractivity contribution in [2.24, 2.45) is 17.6 Å². The normalized spacial score (nSPS) is 17.9. The number of hydrogen-bond donors (Lipinski definition) is 1. The molecule has 1 heterocycles. The molecule has 2 N–H and O–H groups in total. The Balaban J connectivity index is 2.16. The summed E-state index contributed by atoms with van der Waals surface area (Å²) in [7, 11) is 0. The number of esters is 1. The molecule has 0 aromatic heterocycles. The summed E-state index contributed by atoms with van der Waals surface area (Å²) in [6.07, 6.45) is 0.906. The first-order chi connectivity index (χ1) is 14.4. The van der Waals surface area contributed by atoms with Gasteiger partial charge in [0, 0.05) is 19.6 Å². The van der Waals surface area contributed by atoms with Crippen LogP contribution in [0, 0.1) is 11.8 Å². The van der Waals surface area contributed by atoms with Crippen LogP contribution in [0.25, 0.3) is 0 Å². The first-order valence-corrected chi connectivity index (χ1v) is 11.0. The fraction of sp³-hybridized carbons (Fsp3) is 0.667. The van der Waals surface area contributed by atoms with Crippen LogP contribution in [0.15, 0.2) is 24.3 Å². The Kier molecular flexibility index (Phi) is 8.34. The van der Waals surface area contributed by atoms with E-state index >= 15 is 0 Å². The number of hydrogen-bond acceptors (Lipinski definition) is 6. The van der Waals surface area contributed by atoms with Crippen LogP contribution in [-0.2, 0) is 20.7 Å². The van der Waals surface area contributed by atoms with Gasteiger partial charge in [0.25, 0.3) is 0 Å². The molecular formula is C24H38N2O5. The van der Waals surface area contributed by atoms with Crippen LogP contribution in [-0.4, -0.2) is 54.4 Å². The van der Waals surface area contributed by atoms with Gasteiger partial charge in [-0.2, -0.15) is 0 Å². The summed E-state index contributed by atoms with van der Waals surface area (Å²) >= 11 is 0. The van der Waals surface area contributed by atoms with Crippen LogP contribution in [0.2, 0.25) is 0 Å². The lowest BCUT2D eigenvalue weighted by Crippen LogP contribution is -2.38. The molecule has 7 heteroatoms. The summed E-state index contributed by atoms with van der Waals surface area (Å²) in [6.45, 7) is 13.1. The number of benzene rings is 1. The van der Waals surface area contributed by atoms with Crippen molar-refractivity contribution in [1.82, 2.24) is 4.90 Å². The number of likely N-dealkylation sites (tertiary alicyclic amines) is 1. The molecule has 7 nitrogen and oxygen atoms in total. The Morgan fingerprint density at radius 3 is 2.42 bits per heavy atom. The fourth-order valence-corrected chi connectivity index (χ4v) is 3.62. The molecule has 0 spiro atoms. The van der Waals surface area contributed by atoms with Crippen molar-refractivity contribution < 1.29 is 23.8 Å². The van der Waals surface area contributed by atoms with Crippen LogP contribution in [0.3, 0.4) is 0 Å². The molecule has 0 unspecified atom stereocenters. The van der Waals surface area contributed by atoms with Gasteiger partial charge in [-0.25, -0.2) is 4.79 Å². The largest absolute Gasteiger partial charge is 0.492 e. The highest BCUT2D eigenvalue weighted by atomic mass is 16.6. The molecule has 2 rings (SSSR count). The lowest BCUT2D eigenvalue weighted by molar-refractivity contribution is -0.161. The SMILES string of the molecule is CC(C)(C)OC(=O)[C@@H](Cc1cccc(OCCN)c1)[C@@H]1CCN(C(=O)OC(C)(C)C)C1. The standard InChI is InChI=1S/C24H38N2O5/c1-23(2,3)30-21(27)20(15-17-8-7-9-19(14-17)29-13-11-25)18-10-12-26(16-18)22(28)31-24(4,5)6/h7-9,14,18,20H,10-13,15-16,25H2,1-6H3/t18-,20+/m1/s1. The van der Waals surface area contributed by atoms with Crippen molar-refractivity contribution in [3.05, 3.63) is 29.8 Å². The molecule has 0 radical (unpaired) electrons. The van der Waals surface area contributed by atoms with E-state index in [1.54, 1.807) is 4.90 Å². The van der Waals surface area contributed by atoms with E-state index in [4.69, 9.17) is 19.9 Å². The Labute approximate surface area is 186 Å². The van der Waals surface area contributed by atoms with E-state index in [1.165, 1.54) is 0 Å².